The number of imide groups is 1. The minimum absolute atomic E-state index is 0.0813. The third kappa shape index (κ3) is 3.16. The van der Waals surface area contributed by atoms with Crippen molar-refractivity contribution >= 4 is 17.8 Å². The number of hydrogen-bond donors (Lipinski definition) is 1. The van der Waals surface area contributed by atoms with Gasteiger partial charge in [0, 0.05) is 11.6 Å². The number of ether oxygens (including phenoxy) is 1. The number of nitrogens with zero attached hydrogens (tertiary/aromatic N) is 1. The van der Waals surface area contributed by atoms with E-state index in [4.69, 9.17) is 9.84 Å². The minimum atomic E-state index is -0.939. The first kappa shape index (κ1) is 12.4. The first-order valence-corrected chi connectivity index (χ1v) is 4.86. The molecule has 2 amide bonds. The van der Waals surface area contributed by atoms with Gasteiger partial charge in [-0.15, -0.1) is 0 Å². The maximum Gasteiger partial charge on any atom is 0.305 e. The Morgan fingerprint density at radius 3 is 2.62 bits per heavy atom. The fourth-order valence-electron chi connectivity index (χ4n) is 1.27. The van der Waals surface area contributed by atoms with Crippen LogP contribution in [0, 0.1) is 0 Å². The Kier molecular flexibility index (Phi) is 4.19. The second-order valence-electron chi connectivity index (χ2n) is 3.38. The van der Waals surface area contributed by atoms with Gasteiger partial charge in [0.25, 0.3) is 11.8 Å². The number of carboxylic acid groups (broad SMARTS) is 1. The summed E-state index contributed by atoms with van der Waals surface area (Å²) in [4.78, 5) is 33.9. The van der Waals surface area contributed by atoms with Crippen LogP contribution in [-0.2, 0) is 19.1 Å². The van der Waals surface area contributed by atoms with E-state index >= 15 is 0 Å². The van der Waals surface area contributed by atoms with Gasteiger partial charge in [-0.25, -0.2) is 0 Å². The maximum atomic E-state index is 11.4. The van der Waals surface area contributed by atoms with Crippen molar-refractivity contribution in [3.05, 3.63) is 11.6 Å². The van der Waals surface area contributed by atoms with E-state index in [1.54, 1.807) is 6.92 Å². The highest BCUT2D eigenvalue weighted by molar-refractivity contribution is 6.15. The van der Waals surface area contributed by atoms with E-state index in [1.807, 2.05) is 0 Å². The molecule has 6 heteroatoms. The summed E-state index contributed by atoms with van der Waals surface area (Å²) >= 11 is 0. The van der Waals surface area contributed by atoms with E-state index < -0.39 is 5.97 Å². The fraction of sp³-hybridized carbons (Fsp3) is 0.500. The number of carbonyl (C=O) groups is 3. The summed E-state index contributed by atoms with van der Waals surface area (Å²) in [6.07, 6.45) is 1.19. The molecule has 16 heavy (non-hydrogen) atoms. The van der Waals surface area contributed by atoms with E-state index in [-0.39, 0.29) is 38.0 Å². The average molecular weight is 227 g/mol. The quantitative estimate of drug-likeness (QED) is 0.501. The molecule has 0 saturated carbocycles. The van der Waals surface area contributed by atoms with Crippen molar-refractivity contribution in [2.45, 2.75) is 13.3 Å². The van der Waals surface area contributed by atoms with Gasteiger partial charge in [0.1, 0.15) is 0 Å². The lowest BCUT2D eigenvalue weighted by Gasteiger charge is -2.13. The average Bonchev–Trinajstić information content (AvgIpc) is 2.43. The van der Waals surface area contributed by atoms with Crippen molar-refractivity contribution in [2.24, 2.45) is 0 Å². The monoisotopic (exact) mass is 227 g/mol. The molecule has 1 aliphatic rings. The van der Waals surface area contributed by atoms with Crippen LogP contribution in [0.15, 0.2) is 11.6 Å². The third-order valence-electron chi connectivity index (χ3n) is 2.11. The molecule has 0 atom stereocenters. The van der Waals surface area contributed by atoms with Crippen LogP contribution < -0.4 is 0 Å². The van der Waals surface area contributed by atoms with E-state index in [2.05, 4.69) is 0 Å². The lowest BCUT2D eigenvalue weighted by molar-refractivity contribution is -0.140. The molecular formula is C10H13NO5. The van der Waals surface area contributed by atoms with Crippen molar-refractivity contribution in [3.63, 3.8) is 0 Å². The van der Waals surface area contributed by atoms with Crippen molar-refractivity contribution in [1.82, 2.24) is 4.90 Å². The molecule has 1 aliphatic heterocycles. The Balaban J connectivity index is 2.22. The molecule has 0 bridgehead atoms. The summed E-state index contributed by atoms with van der Waals surface area (Å²) in [5.74, 6) is -1.60. The Hall–Kier alpha value is -1.69. The molecule has 88 valence electrons. The van der Waals surface area contributed by atoms with Crippen LogP contribution in [0.2, 0.25) is 0 Å². The molecule has 0 aliphatic carbocycles. The molecule has 0 aromatic carbocycles. The number of rotatable bonds is 6. The van der Waals surface area contributed by atoms with Crippen molar-refractivity contribution in [2.75, 3.05) is 19.8 Å². The summed E-state index contributed by atoms with van der Waals surface area (Å²) in [7, 11) is 0. The summed E-state index contributed by atoms with van der Waals surface area (Å²) in [5.41, 5.74) is 0.413. The normalized spacial score (nSPS) is 15.6. The molecule has 0 saturated heterocycles. The second-order valence-corrected chi connectivity index (χ2v) is 3.38. The SMILES string of the molecule is CC1=CC(=O)N(CCOCCC(=O)O)C1=O. The van der Waals surface area contributed by atoms with Gasteiger partial charge in [0.05, 0.1) is 26.2 Å². The number of aliphatic carboxylic acids is 1. The van der Waals surface area contributed by atoms with Crippen LogP contribution in [-0.4, -0.2) is 47.5 Å². The predicted octanol–water partition coefficient (Wildman–Crippen LogP) is -0.207. The Morgan fingerprint density at radius 1 is 1.44 bits per heavy atom. The molecule has 1 rings (SSSR count). The highest BCUT2D eigenvalue weighted by Gasteiger charge is 2.27. The first-order valence-electron chi connectivity index (χ1n) is 4.86. The predicted molar refractivity (Wildman–Crippen MR) is 53.5 cm³/mol. The Bertz CT molecular complexity index is 347. The molecule has 0 aromatic heterocycles. The third-order valence-corrected chi connectivity index (χ3v) is 2.11. The van der Waals surface area contributed by atoms with Crippen LogP contribution in [0.3, 0.4) is 0 Å². The second kappa shape index (κ2) is 5.41. The number of amides is 2. The molecule has 0 radical (unpaired) electrons. The molecule has 0 fully saturated rings. The van der Waals surface area contributed by atoms with Crippen molar-refractivity contribution in [3.8, 4) is 0 Å². The van der Waals surface area contributed by atoms with Gasteiger partial charge in [0.15, 0.2) is 0 Å². The van der Waals surface area contributed by atoms with Crippen LogP contribution >= 0.6 is 0 Å². The molecule has 0 spiro atoms. The zero-order valence-electron chi connectivity index (χ0n) is 8.93. The highest BCUT2D eigenvalue weighted by Crippen LogP contribution is 2.10. The zero-order valence-corrected chi connectivity index (χ0v) is 8.93. The van der Waals surface area contributed by atoms with Crippen molar-refractivity contribution < 1.29 is 24.2 Å². The van der Waals surface area contributed by atoms with Gasteiger partial charge in [-0.05, 0) is 6.92 Å². The summed E-state index contributed by atoms with van der Waals surface area (Å²) in [6.45, 7) is 1.97. The topological polar surface area (TPSA) is 83.9 Å². The highest BCUT2D eigenvalue weighted by atomic mass is 16.5. The zero-order chi connectivity index (χ0) is 12.1. The van der Waals surface area contributed by atoms with Gasteiger partial charge < -0.3 is 9.84 Å². The summed E-state index contributed by atoms with van der Waals surface area (Å²) < 4.78 is 4.99. The molecule has 1 heterocycles. The molecule has 0 aromatic rings. The molecular weight excluding hydrogens is 214 g/mol. The van der Waals surface area contributed by atoms with Crippen LogP contribution in [0.1, 0.15) is 13.3 Å². The van der Waals surface area contributed by atoms with E-state index in [1.165, 1.54) is 6.08 Å². The lowest BCUT2D eigenvalue weighted by atomic mass is 10.3. The van der Waals surface area contributed by atoms with E-state index in [0.29, 0.717) is 5.57 Å². The van der Waals surface area contributed by atoms with Crippen LogP contribution in [0.5, 0.6) is 0 Å². The summed E-state index contributed by atoms with van der Waals surface area (Å²) in [5, 5.41) is 8.34. The van der Waals surface area contributed by atoms with Gasteiger partial charge in [-0.1, -0.05) is 0 Å². The lowest BCUT2D eigenvalue weighted by Crippen LogP contribution is -2.34. The first-order chi connectivity index (χ1) is 7.52. The van der Waals surface area contributed by atoms with E-state index in [0.717, 1.165) is 4.90 Å². The van der Waals surface area contributed by atoms with E-state index in [9.17, 15) is 14.4 Å². The minimum Gasteiger partial charge on any atom is -0.481 e. The smallest absolute Gasteiger partial charge is 0.305 e. The van der Waals surface area contributed by atoms with Gasteiger partial charge in [0.2, 0.25) is 0 Å². The standard InChI is InChI=1S/C10H13NO5/c1-7-6-8(12)11(10(7)15)3-5-16-4-2-9(13)14/h6H,2-5H2,1H3,(H,13,14). The maximum absolute atomic E-state index is 11.4. The molecule has 1 N–H and O–H groups in total. The molecule has 6 nitrogen and oxygen atoms in total. The van der Waals surface area contributed by atoms with Crippen LogP contribution in [0.25, 0.3) is 0 Å². The van der Waals surface area contributed by atoms with Gasteiger partial charge in [-0.2, -0.15) is 0 Å². The number of carboxylic acids is 1. The Morgan fingerprint density at radius 2 is 2.12 bits per heavy atom. The fourth-order valence-corrected chi connectivity index (χ4v) is 1.27. The van der Waals surface area contributed by atoms with Crippen LogP contribution in [0.4, 0.5) is 0 Å². The van der Waals surface area contributed by atoms with Crippen molar-refractivity contribution in [1.29, 1.82) is 0 Å². The molecule has 0 unspecified atom stereocenters. The van der Waals surface area contributed by atoms with Gasteiger partial charge >= 0.3 is 5.97 Å². The van der Waals surface area contributed by atoms with Gasteiger partial charge in [-0.3, -0.25) is 19.3 Å². The number of hydrogen-bond acceptors (Lipinski definition) is 4. The summed E-state index contributed by atoms with van der Waals surface area (Å²) in [6, 6.07) is 0. The Labute approximate surface area is 92.5 Å². The largest absolute Gasteiger partial charge is 0.481 e. The number of carbonyl (C=O) groups excluding carboxylic acids is 2.